The first-order chi connectivity index (χ1) is 21.2. The molecular formula is C35H36N4O5. The zero-order valence-electron chi connectivity index (χ0n) is 25.3. The van der Waals surface area contributed by atoms with Crippen molar-refractivity contribution >= 4 is 23.0 Å². The highest BCUT2D eigenvalue weighted by molar-refractivity contribution is 5.83. The average molecular weight is 593 g/mol. The fourth-order valence-electron chi connectivity index (χ4n) is 6.27. The fourth-order valence-corrected chi connectivity index (χ4v) is 6.27. The molecular weight excluding hydrogens is 556 g/mol. The van der Waals surface area contributed by atoms with Crippen LogP contribution in [0.25, 0.3) is 11.0 Å². The van der Waals surface area contributed by atoms with Crippen molar-refractivity contribution in [2.45, 2.75) is 52.2 Å². The van der Waals surface area contributed by atoms with E-state index in [2.05, 4.69) is 52.7 Å². The van der Waals surface area contributed by atoms with E-state index in [9.17, 15) is 9.59 Å². The fraction of sp³-hybridized carbons (Fsp3) is 0.286. The third kappa shape index (κ3) is 5.96. The van der Waals surface area contributed by atoms with E-state index in [-0.39, 0.29) is 30.5 Å². The number of carbonyl (C=O) groups excluding carboxylic acids is 1. The molecule has 0 spiro atoms. The van der Waals surface area contributed by atoms with Gasteiger partial charge in [0.15, 0.2) is 0 Å². The molecule has 5 aromatic rings. The second-order valence-electron chi connectivity index (χ2n) is 11.7. The largest absolute Gasteiger partial charge is 0.465 e. The number of benzene rings is 3. The number of rotatable bonds is 9. The van der Waals surface area contributed by atoms with E-state index in [1.807, 2.05) is 68.4 Å². The summed E-state index contributed by atoms with van der Waals surface area (Å²) in [7, 11) is 0. The third-order valence-corrected chi connectivity index (χ3v) is 8.37. The minimum absolute atomic E-state index is 0.0759. The Balaban J connectivity index is 1.24. The summed E-state index contributed by atoms with van der Waals surface area (Å²) in [6.07, 6.45) is -0.819. The van der Waals surface area contributed by atoms with Gasteiger partial charge in [0.2, 0.25) is 5.91 Å². The zero-order chi connectivity index (χ0) is 31.0. The standard InChI is InChI=1S/C35H36N4O5/c1-20-10-12-28(21(2)14-20)33(25-8-6-5-7-9-25)37-31(40)16-24-11-13-29-26(15-24)17-30(43-29)34(32-22(3)38-44-23(32)4)39-18-27(19-39)36-35(41)42/h5-15,17,27,33-34,36H,16,18-19H2,1-4H3,(H,37,40)(H,41,42). The summed E-state index contributed by atoms with van der Waals surface area (Å²) in [5.41, 5.74) is 7.67. The average Bonchev–Trinajstić information content (AvgIpc) is 3.53. The zero-order valence-corrected chi connectivity index (χ0v) is 25.3. The number of nitrogens with one attached hydrogen (secondary N) is 2. The van der Waals surface area contributed by atoms with Gasteiger partial charge in [-0.3, -0.25) is 9.69 Å². The monoisotopic (exact) mass is 592 g/mol. The molecule has 0 aliphatic carbocycles. The molecule has 3 N–H and O–H groups in total. The molecule has 1 fully saturated rings. The molecule has 3 aromatic carbocycles. The summed E-state index contributed by atoms with van der Waals surface area (Å²) < 4.78 is 11.8. The number of nitrogens with zero attached hydrogens (tertiary/aromatic N) is 2. The summed E-state index contributed by atoms with van der Waals surface area (Å²) in [5, 5.41) is 20.0. The van der Waals surface area contributed by atoms with Crippen LogP contribution >= 0.6 is 0 Å². The van der Waals surface area contributed by atoms with Gasteiger partial charge in [-0.05, 0) is 68.1 Å². The highest BCUT2D eigenvalue weighted by Crippen LogP contribution is 2.38. The summed E-state index contributed by atoms with van der Waals surface area (Å²) in [6.45, 7) is 8.98. The van der Waals surface area contributed by atoms with E-state index in [0.717, 1.165) is 38.9 Å². The first kappa shape index (κ1) is 29.2. The molecule has 0 bridgehead atoms. The van der Waals surface area contributed by atoms with Crippen LogP contribution in [-0.2, 0) is 11.2 Å². The minimum Gasteiger partial charge on any atom is -0.465 e. The predicted octanol–water partition coefficient (Wildman–Crippen LogP) is 6.14. The van der Waals surface area contributed by atoms with E-state index < -0.39 is 6.09 Å². The molecule has 9 nitrogen and oxygen atoms in total. The van der Waals surface area contributed by atoms with Crippen LogP contribution in [0.4, 0.5) is 4.79 Å². The number of carbonyl (C=O) groups is 2. The van der Waals surface area contributed by atoms with Crippen LogP contribution in [-0.4, -0.2) is 46.3 Å². The lowest BCUT2D eigenvalue weighted by Crippen LogP contribution is -2.60. The number of aryl methyl sites for hydroxylation is 4. The molecule has 44 heavy (non-hydrogen) atoms. The van der Waals surface area contributed by atoms with Crippen molar-refractivity contribution in [3.05, 3.63) is 123 Å². The van der Waals surface area contributed by atoms with Crippen LogP contribution in [0.15, 0.2) is 81.7 Å². The van der Waals surface area contributed by atoms with Crippen molar-refractivity contribution in [2.75, 3.05) is 13.1 Å². The Labute approximate surface area is 255 Å². The Morgan fingerprint density at radius 2 is 1.77 bits per heavy atom. The second-order valence-corrected chi connectivity index (χ2v) is 11.7. The van der Waals surface area contributed by atoms with Crippen molar-refractivity contribution in [2.24, 2.45) is 0 Å². The van der Waals surface area contributed by atoms with Gasteiger partial charge in [-0.1, -0.05) is 65.3 Å². The number of furan rings is 1. The van der Waals surface area contributed by atoms with Crippen LogP contribution in [0.2, 0.25) is 0 Å². The number of likely N-dealkylation sites (tertiary alicyclic amines) is 1. The van der Waals surface area contributed by atoms with E-state index in [4.69, 9.17) is 14.0 Å². The van der Waals surface area contributed by atoms with E-state index >= 15 is 0 Å². The topological polar surface area (TPSA) is 121 Å². The van der Waals surface area contributed by atoms with Crippen molar-refractivity contribution in [1.29, 1.82) is 0 Å². The second kappa shape index (κ2) is 12.0. The highest BCUT2D eigenvalue weighted by atomic mass is 16.5. The van der Waals surface area contributed by atoms with Crippen molar-refractivity contribution in [1.82, 2.24) is 20.7 Å². The quantitative estimate of drug-likeness (QED) is 0.188. The molecule has 2 aromatic heterocycles. The maximum atomic E-state index is 13.5. The Hall–Kier alpha value is -4.89. The maximum Gasteiger partial charge on any atom is 0.404 e. The highest BCUT2D eigenvalue weighted by Gasteiger charge is 2.39. The minimum atomic E-state index is -1.03. The number of hydrogen-bond acceptors (Lipinski definition) is 6. The lowest BCUT2D eigenvalue weighted by atomic mass is 9.93. The van der Waals surface area contributed by atoms with Crippen LogP contribution in [0.5, 0.6) is 0 Å². The van der Waals surface area contributed by atoms with Gasteiger partial charge in [-0.25, -0.2) is 4.79 Å². The van der Waals surface area contributed by atoms with Gasteiger partial charge in [-0.2, -0.15) is 0 Å². The molecule has 2 atom stereocenters. The molecule has 2 amide bonds. The summed E-state index contributed by atoms with van der Waals surface area (Å²) in [4.78, 5) is 26.8. The van der Waals surface area contributed by atoms with Gasteiger partial charge in [0.1, 0.15) is 17.1 Å². The van der Waals surface area contributed by atoms with Crippen molar-refractivity contribution in [3.63, 3.8) is 0 Å². The van der Waals surface area contributed by atoms with Crippen LogP contribution in [0.1, 0.15) is 62.7 Å². The summed E-state index contributed by atoms with van der Waals surface area (Å²) >= 11 is 0. The Morgan fingerprint density at radius 3 is 2.45 bits per heavy atom. The summed E-state index contributed by atoms with van der Waals surface area (Å²) in [5.74, 6) is 1.33. The van der Waals surface area contributed by atoms with E-state index in [1.54, 1.807) is 0 Å². The van der Waals surface area contributed by atoms with Gasteiger partial charge >= 0.3 is 6.09 Å². The van der Waals surface area contributed by atoms with Gasteiger partial charge in [-0.15, -0.1) is 0 Å². The first-order valence-electron chi connectivity index (χ1n) is 14.8. The van der Waals surface area contributed by atoms with Gasteiger partial charge in [0.25, 0.3) is 0 Å². The third-order valence-electron chi connectivity index (χ3n) is 8.37. The number of aromatic nitrogens is 1. The van der Waals surface area contributed by atoms with Gasteiger partial charge in [0.05, 0.1) is 30.2 Å². The SMILES string of the molecule is Cc1ccc(C(NC(=O)Cc2ccc3oc(C(c4c(C)noc4C)N4CC(NC(=O)O)C4)cc3c2)c2ccccc2)c(C)c1. The molecule has 1 aliphatic heterocycles. The van der Waals surface area contributed by atoms with Crippen LogP contribution < -0.4 is 10.6 Å². The van der Waals surface area contributed by atoms with E-state index in [1.165, 1.54) is 5.56 Å². The van der Waals surface area contributed by atoms with Crippen molar-refractivity contribution in [3.8, 4) is 0 Å². The molecule has 1 aliphatic rings. The van der Waals surface area contributed by atoms with Gasteiger partial charge < -0.3 is 24.7 Å². The number of amides is 2. The normalized spacial score (nSPS) is 15.1. The molecule has 3 heterocycles. The first-order valence-corrected chi connectivity index (χ1v) is 14.8. The number of hydrogen-bond donors (Lipinski definition) is 3. The lowest BCUT2D eigenvalue weighted by Gasteiger charge is -2.43. The van der Waals surface area contributed by atoms with Crippen LogP contribution in [0.3, 0.4) is 0 Å². The van der Waals surface area contributed by atoms with Gasteiger partial charge in [0, 0.05) is 24.0 Å². The molecule has 0 saturated carbocycles. The predicted molar refractivity (Wildman–Crippen MR) is 167 cm³/mol. The molecule has 6 rings (SSSR count). The molecule has 226 valence electrons. The summed E-state index contributed by atoms with van der Waals surface area (Å²) in [6, 6.07) is 23.4. The number of carboxylic acid groups (broad SMARTS) is 1. The number of fused-ring (bicyclic) bond motifs is 1. The lowest BCUT2D eigenvalue weighted by molar-refractivity contribution is -0.120. The van der Waals surface area contributed by atoms with Crippen LogP contribution in [0, 0.1) is 27.7 Å². The Morgan fingerprint density at radius 1 is 1.00 bits per heavy atom. The molecule has 0 radical (unpaired) electrons. The Kier molecular flexibility index (Phi) is 7.97. The smallest absolute Gasteiger partial charge is 0.404 e. The molecule has 1 saturated heterocycles. The maximum absolute atomic E-state index is 13.5. The molecule has 2 unspecified atom stereocenters. The molecule has 9 heteroatoms. The van der Waals surface area contributed by atoms with E-state index in [0.29, 0.717) is 30.2 Å². The Bertz CT molecular complexity index is 1800. The van der Waals surface area contributed by atoms with Crippen molar-refractivity contribution < 1.29 is 23.6 Å².